The highest BCUT2D eigenvalue weighted by atomic mass is 127. The molecule has 7 nitrogen and oxygen atoms in total. The van der Waals surface area contributed by atoms with Crippen molar-refractivity contribution in [3.05, 3.63) is 54.0 Å². The minimum absolute atomic E-state index is 0. The van der Waals surface area contributed by atoms with Crippen LogP contribution in [-0.2, 0) is 6.54 Å². The van der Waals surface area contributed by atoms with E-state index < -0.39 is 0 Å². The van der Waals surface area contributed by atoms with Crippen LogP contribution < -0.4 is 15.4 Å². The number of benzene rings is 1. The summed E-state index contributed by atoms with van der Waals surface area (Å²) in [6.45, 7) is 7.96. The Morgan fingerprint density at radius 2 is 1.91 bits per heavy atom. The molecule has 1 aliphatic heterocycles. The Labute approximate surface area is 216 Å². The molecule has 0 saturated carbocycles. The zero-order chi connectivity index (χ0) is 22.6. The van der Waals surface area contributed by atoms with Crippen LogP contribution in [0.1, 0.15) is 43.6 Å². The number of piperidine rings is 1. The minimum Gasteiger partial charge on any atom is -0.492 e. The Balaban J connectivity index is 0.00000385. The van der Waals surface area contributed by atoms with Crippen molar-refractivity contribution in [2.75, 3.05) is 53.4 Å². The van der Waals surface area contributed by atoms with Crippen molar-refractivity contribution in [2.24, 2.45) is 4.99 Å². The summed E-state index contributed by atoms with van der Waals surface area (Å²) >= 11 is 0. The van der Waals surface area contributed by atoms with Gasteiger partial charge in [-0.25, -0.2) is 4.99 Å². The molecule has 0 amide bonds. The van der Waals surface area contributed by atoms with Gasteiger partial charge in [-0.15, -0.1) is 24.0 Å². The number of nitrogens with one attached hydrogen (secondary N) is 2. The molecule has 1 atom stereocenters. The predicted octanol–water partition coefficient (Wildman–Crippen LogP) is 4.12. The van der Waals surface area contributed by atoms with Gasteiger partial charge in [0.2, 0.25) is 0 Å². The van der Waals surface area contributed by atoms with Crippen LogP contribution in [0.2, 0.25) is 0 Å². The maximum absolute atomic E-state index is 6.00. The molecule has 1 fully saturated rings. The smallest absolute Gasteiger partial charge is 0.191 e. The predicted molar refractivity (Wildman–Crippen MR) is 146 cm³/mol. The van der Waals surface area contributed by atoms with E-state index in [0.717, 1.165) is 55.8 Å². The fourth-order valence-corrected chi connectivity index (χ4v) is 3.93. The van der Waals surface area contributed by atoms with Crippen molar-refractivity contribution in [2.45, 2.75) is 38.8 Å². The molecule has 1 aromatic carbocycles. The first-order chi connectivity index (χ1) is 15.7. The summed E-state index contributed by atoms with van der Waals surface area (Å²) in [4.78, 5) is 9.48. The molecule has 0 bridgehead atoms. The van der Waals surface area contributed by atoms with Gasteiger partial charge in [0.1, 0.15) is 18.1 Å². The molecule has 1 aromatic heterocycles. The first-order valence-electron chi connectivity index (χ1n) is 11.8. The molecule has 0 radical (unpaired) electrons. The SMILES string of the molecule is CCNC(=NCc1ccccc1OCCN(C)C)NCC(c1ccco1)N1CCCCC1.I. The Bertz CT molecular complexity index is 807. The number of ether oxygens (including phenoxy) is 1. The number of nitrogens with zero attached hydrogens (tertiary/aromatic N) is 3. The van der Waals surface area contributed by atoms with Gasteiger partial charge in [-0.2, -0.15) is 0 Å². The topological polar surface area (TPSA) is 65.3 Å². The van der Waals surface area contributed by atoms with E-state index in [-0.39, 0.29) is 30.0 Å². The van der Waals surface area contributed by atoms with Gasteiger partial charge in [0, 0.05) is 25.2 Å². The second-order valence-electron chi connectivity index (χ2n) is 8.46. The zero-order valence-corrected chi connectivity index (χ0v) is 22.6. The standard InChI is InChI=1S/C25H39N5O2.HI/c1-4-26-25(27-19-21-11-6-7-12-23(21)32-18-16-29(2)3)28-20-22(24-13-10-17-31-24)30-14-8-5-9-15-30;/h6-7,10-13,17,22H,4-5,8-9,14-16,18-20H2,1-3H3,(H2,26,27,28);1H. The third kappa shape index (κ3) is 9.17. The highest BCUT2D eigenvalue weighted by molar-refractivity contribution is 14.0. The van der Waals surface area contributed by atoms with Crippen LogP contribution in [-0.4, -0.2) is 69.2 Å². The zero-order valence-electron chi connectivity index (χ0n) is 20.3. The van der Waals surface area contributed by atoms with E-state index >= 15 is 0 Å². The number of rotatable bonds is 11. The summed E-state index contributed by atoms with van der Waals surface area (Å²) in [5.41, 5.74) is 1.09. The van der Waals surface area contributed by atoms with E-state index in [2.05, 4.69) is 39.5 Å². The molecule has 1 saturated heterocycles. The molecule has 8 heteroatoms. The number of para-hydroxylation sites is 1. The van der Waals surface area contributed by atoms with Crippen LogP contribution in [0.25, 0.3) is 0 Å². The van der Waals surface area contributed by atoms with Crippen molar-refractivity contribution in [3.8, 4) is 5.75 Å². The van der Waals surface area contributed by atoms with Gasteiger partial charge in [0.25, 0.3) is 0 Å². The van der Waals surface area contributed by atoms with Crippen molar-refractivity contribution in [1.82, 2.24) is 20.4 Å². The van der Waals surface area contributed by atoms with Crippen LogP contribution in [0.15, 0.2) is 52.1 Å². The van der Waals surface area contributed by atoms with Crippen LogP contribution >= 0.6 is 24.0 Å². The third-order valence-electron chi connectivity index (χ3n) is 5.69. The van der Waals surface area contributed by atoms with E-state index in [1.54, 1.807) is 6.26 Å². The molecular formula is C25H40IN5O2. The average molecular weight is 570 g/mol. The second-order valence-corrected chi connectivity index (χ2v) is 8.46. The van der Waals surface area contributed by atoms with Gasteiger partial charge >= 0.3 is 0 Å². The Kier molecular flexibility index (Phi) is 12.6. The van der Waals surface area contributed by atoms with E-state index in [0.29, 0.717) is 13.2 Å². The Hall–Kier alpha value is -1.78. The molecule has 1 unspecified atom stereocenters. The fraction of sp³-hybridized carbons (Fsp3) is 0.560. The number of halogens is 1. The summed E-state index contributed by atoms with van der Waals surface area (Å²) in [7, 11) is 4.10. The molecule has 3 rings (SSSR count). The molecule has 0 spiro atoms. The van der Waals surface area contributed by atoms with Crippen molar-refractivity contribution < 1.29 is 9.15 Å². The maximum Gasteiger partial charge on any atom is 0.191 e. The van der Waals surface area contributed by atoms with Gasteiger partial charge < -0.3 is 24.7 Å². The quantitative estimate of drug-likeness (QED) is 0.241. The van der Waals surface area contributed by atoms with Crippen molar-refractivity contribution in [1.29, 1.82) is 0 Å². The van der Waals surface area contributed by atoms with E-state index in [1.807, 2.05) is 38.4 Å². The van der Waals surface area contributed by atoms with E-state index in [4.69, 9.17) is 14.1 Å². The van der Waals surface area contributed by atoms with Gasteiger partial charge in [-0.3, -0.25) is 4.90 Å². The molecule has 2 heterocycles. The molecule has 2 N–H and O–H groups in total. The van der Waals surface area contributed by atoms with Crippen molar-refractivity contribution >= 4 is 29.9 Å². The average Bonchev–Trinajstić information content (AvgIpc) is 3.33. The second kappa shape index (κ2) is 15.2. The fourth-order valence-electron chi connectivity index (χ4n) is 3.93. The largest absolute Gasteiger partial charge is 0.492 e. The van der Waals surface area contributed by atoms with Crippen LogP contribution in [0.4, 0.5) is 0 Å². The molecule has 33 heavy (non-hydrogen) atoms. The minimum atomic E-state index is 0. The summed E-state index contributed by atoms with van der Waals surface area (Å²) in [6, 6.07) is 12.4. The van der Waals surface area contributed by atoms with Crippen molar-refractivity contribution in [3.63, 3.8) is 0 Å². The highest BCUT2D eigenvalue weighted by Gasteiger charge is 2.24. The van der Waals surface area contributed by atoms with Crippen LogP contribution in [0.3, 0.4) is 0 Å². The number of furan rings is 1. The number of guanidine groups is 1. The number of likely N-dealkylation sites (tertiary alicyclic amines) is 1. The first-order valence-corrected chi connectivity index (χ1v) is 11.8. The Morgan fingerprint density at radius 3 is 2.61 bits per heavy atom. The number of likely N-dealkylation sites (N-methyl/N-ethyl adjacent to an activating group) is 1. The van der Waals surface area contributed by atoms with Gasteiger partial charge in [-0.05, 0) is 65.1 Å². The summed E-state index contributed by atoms with van der Waals surface area (Å²) in [5, 5.41) is 6.92. The van der Waals surface area contributed by atoms with E-state index in [9.17, 15) is 0 Å². The van der Waals surface area contributed by atoms with Crippen LogP contribution in [0, 0.1) is 0 Å². The third-order valence-corrected chi connectivity index (χ3v) is 5.69. The molecule has 2 aromatic rings. The summed E-state index contributed by atoms with van der Waals surface area (Å²) < 4.78 is 11.8. The molecular weight excluding hydrogens is 529 g/mol. The van der Waals surface area contributed by atoms with E-state index in [1.165, 1.54) is 19.3 Å². The highest BCUT2D eigenvalue weighted by Crippen LogP contribution is 2.24. The maximum atomic E-state index is 6.00. The van der Waals surface area contributed by atoms with Gasteiger partial charge in [0.15, 0.2) is 5.96 Å². The lowest BCUT2D eigenvalue weighted by molar-refractivity contribution is 0.146. The number of hydrogen-bond acceptors (Lipinski definition) is 5. The Morgan fingerprint density at radius 1 is 1.12 bits per heavy atom. The molecule has 0 aliphatic carbocycles. The lowest BCUT2D eigenvalue weighted by Gasteiger charge is -2.33. The van der Waals surface area contributed by atoms with Gasteiger partial charge in [0.05, 0.1) is 18.8 Å². The van der Waals surface area contributed by atoms with Gasteiger partial charge in [-0.1, -0.05) is 24.6 Å². The summed E-state index contributed by atoms with van der Waals surface area (Å²) in [5.74, 6) is 2.72. The van der Waals surface area contributed by atoms with Crippen LogP contribution in [0.5, 0.6) is 5.75 Å². The number of aliphatic imine (C=N–C) groups is 1. The molecule has 184 valence electrons. The number of hydrogen-bond donors (Lipinski definition) is 2. The molecule has 1 aliphatic rings. The lowest BCUT2D eigenvalue weighted by Crippen LogP contribution is -2.44. The first kappa shape index (κ1) is 27.5. The lowest BCUT2D eigenvalue weighted by atomic mass is 10.1. The normalized spacial score (nSPS) is 15.7. The summed E-state index contributed by atoms with van der Waals surface area (Å²) in [6.07, 6.45) is 5.57. The monoisotopic (exact) mass is 569 g/mol.